The van der Waals surface area contributed by atoms with Crippen LogP contribution in [-0.2, 0) is 6.54 Å². The number of benzene rings is 1. The minimum atomic E-state index is 0.779. The number of hydrogen-bond donors (Lipinski definition) is 0. The maximum atomic E-state index is 5.59. The molecule has 0 fully saturated rings. The third kappa shape index (κ3) is 5.31. The summed E-state index contributed by atoms with van der Waals surface area (Å²) in [5.41, 5.74) is 1.13. The molecule has 0 bridgehead atoms. The van der Waals surface area contributed by atoms with E-state index in [4.69, 9.17) is 14.5 Å². The van der Waals surface area contributed by atoms with Gasteiger partial charge in [-0.15, -0.1) is 0 Å². The van der Waals surface area contributed by atoms with Crippen LogP contribution in [0.5, 0.6) is 11.5 Å². The largest absolute Gasteiger partial charge is 0.493 e. The lowest BCUT2D eigenvalue weighted by atomic mass is 10.1. The van der Waals surface area contributed by atoms with E-state index in [-0.39, 0.29) is 0 Å². The van der Waals surface area contributed by atoms with Crippen molar-refractivity contribution in [2.75, 3.05) is 53.7 Å². The van der Waals surface area contributed by atoms with Crippen molar-refractivity contribution in [3.8, 4) is 11.5 Å². The average Bonchev–Trinajstić information content (AvgIpc) is 2.61. The van der Waals surface area contributed by atoms with Crippen molar-refractivity contribution in [2.24, 2.45) is 4.99 Å². The van der Waals surface area contributed by atoms with Crippen molar-refractivity contribution in [1.82, 2.24) is 9.80 Å². The number of amidine groups is 1. The molecule has 1 aromatic rings. The highest BCUT2D eigenvalue weighted by molar-refractivity contribution is 8.13. The second-order valence-electron chi connectivity index (χ2n) is 6.10. The number of nitrogens with zero attached hydrogens (tertiary/aromatic N) is 3. The van der Waals surface area contributed by atoms with Crippen LogP contribution in [0.25, 0.3) is 0 Å². The Labute approximate surface area is 150 Å². The molecule has 5 nitrogen and oxygen atoms in total. The summed E-state index contributed by atoms with van der Waals surface area (Å²) in [6.07, 6.45) is 2.28. The van der Waals surface area contributed by atoms with Crippen LogP contribution in [0.2, 0.25) is 0 Å². The smallest absolute Gasteiger partial charge is 0.165 e. The molecule has 0 aromatic heterocycles. The summed E-state index contributed by atoms with van der Waals surface area (Å²) in [6, 6.07) is 6.06. The lowest BCUT2D eigenvalue weighted by Gasteiger charge is -2.29. The molecular formula is C18H29N3O2S. The van der Waals surface area contributed by atoms with Crippen molar-refractivity contribution in [3.05, 3.63) is 23.8 Å². The fourth-order valence-corrected chi connectivity index (χ4v) is 3.72. The first-order chi connectivity index (χ1) is 11.7. The first kappa shape index (κ1) is 18.9. The second-order valence-corrected chi connectivity index (χ2v) is 7.16. The van der Waals surface area contributed by atoms with Crippen LogP contribution in [-0.4, -0.2) is 68.7 Å². The minimum absolute atomic E-state index is 0.779. The summed E-state index contributed by atoms with van der Waals surface area (Å²) in [4.78, 5) is 9.34. The van der Waals surface area contributed by atoms with E-state index < -0.39 is 0 Å². The Morgan fingerprint density at radius 1 is 1.17 bits per heavy atom. The van der Waals surface area contributed by atoms with Gasteiger partial charge in [0.2, 0.25) is 0 Å². The van der Waals surface area contributed by atoms with Crippen LogP contribution in [0.4, 0.5) is 0 Å². The average molecular weight is 352 g/mol. The number of ether oxygens (including phenoxy) is 2. The first-order valence-corrected chi connectivity index (χ1v) is 9.41. The Balaban J connectivity index is 2.16. The van der Waals surface area contributed by atoms with Gasteiger partial charge in [-0.25, -0.2) is 0 Å². The zero-order valence-corrected chi connectivity index (χ0v) is 16.1. The fraction of sp³-hybridized carbons (Fsp3) is 0.611. The molecule has 2 rings (SSSR count). The maximum Gasteiger partial charge on any atom is 0.165 e. The zero-order valence-electron chi connectivity index (χ0n) is 15.2. The van der Waals surface area contributed by atoms with E-state index >= 15 is 0 Å². The van der Waals surface area contributed by atoms with Crippen LogP contribution in [0, 0.1) is 0 Å². The Morgan fingerprint density at radius 2 is 2.00 bits per heavy atom. The molecule has 0 atom stereocenters. The molecule has 0 unspecified atom stereocenters. The number of hydrogen-bond acceptors (Lipinski definition) is 6. The van der Waals surface area contributed by atoms with Gasteiger partial charge in [0, 0.05) is 31.0 Å². The van der Waals surface area contributed by atoms with Gasteiger partial charge in [0.15, 0.2) is 16.7 Å². The molecule has 0 saturated heterocycles. The molecule has 1 aliphatic rings. The highest BCUT2D eigenvalue weighted by Gasteiger charge is 2.18. The monoisotopic (exact) mass is 351 g/mol. The van der Waals surface area contributed by atoms with Crippen LogP contribution >= 0.6 is 11.8 Å². The van der Waals surface area contributed by atoms with E-state index in [0.717, 1.165) is 60.6 Å². The summed E-state index contributed by atoms with van der Waals surface area (Å²) in [7, 11) is 7.60. The Hall–Kier alpha value is -1.40. The SMILES string of the molecule is COc1cccc(CN(CCCN(C)C)C2=NCCCS2)c1OC. The van der Waals surface area contributed by atoms with Gasteiger partial charge in [-0.05, 0) is 39.5 Å². The molecule has 1 aromatic carbocycles. The quantitative estimate of drug-likeness (QED) is 0.720. The molecule has 24 heavy (non-hydrogen) atoms. The van der Waals surface area contributed by atoms with Gasteiger partial charge >= 0.3 is 0 Å². The molecule has 1 aliphatic heterocycles. The Bertz CT molecular complexity index is 549. The molecule has 6 heteroatoms. The Morgan fingerprint density at radius 3 is 2.62 bits per heavy atom. The van der Waals surface area contributed by atoms with Gasteiger partial charge in [-0.2, -0.15) is 0 Å². The van der Waals surface area contributed by atoms with Crippen LogP contribution < -0.4 is 9.47 Å². The van der Waals surface area contributed by atoms with Crippen molar-refractivity contribution in [3.63, 3.8) is 0 Å². The van der Waals surface area contributed by atoms with Gasteiger partial charge in [-0.1, -0.05) is 23.9 Å². The highest BCUT2D eigenvalue weighted by atomic mass is 32.2. The van der Waals surface area contributed by atoms with Crippen molar-refractivity contribution in [2.45, 2.75) is 19.4 Å². The summed E-state index contributed by atoms with van der Waals surface area (Å²) < 4.78 is 11.0. The molecule has 0 amide bonds. The van der Waals surface area contributed by atoms with Crippen molar-refractivity contribution >= 4 is 16.9 Å². The van der Waals surface area contributed by atoms with E-state index in [9.17, 15) is 0 Å². The predicted octanol–water partition coefficient (Wildman–Crippen LogP) is 2.95. The zero-order chi connectivity index (χ0) is 17.4. The van der Waals surface area contributed by atoms with Crippen molar-refractivity contribution < 1.29 is 9.47 Å². The molecule has 134 valence electrons. The lowest BCUT2D eigenvalue weighted by molar-refractivity contribution is 0.329. The van der Waals surface area contributed by atoms with Gasteiger partial charge in [-0.3, -0.25) is 4.99 Å². The van der Waals surface area contributed by atoms with Crippen LogP contribution in [0.3, 0.4) is 0 Å². The Kier molecular flexibility index (Phi) is 7.72. The molecule has 0 saturated carbocycles. The number of methoxy groups -OCH3 is 2. The lowest BCUT2D eigenvalue weighted by Crippen LogP contribution is -2.33. The molecule has 0 aliphatic carbocycles. The van der Waals surface area contributed by atoms with Crippen LogP contribution in [0.1, 0.15) is 18.4 Å². The van der Waals surface area contributed by atoms with Gasteiger partial charge in [0.05, 0.1) is 14.2 Å². The van der Waals surface area contributed by atoms with E-state index in [1.54, 1.807) is 14.2 Å². The molecule has 0 radical (unpaired) electrons. The van der Waals surface area contributed by atoms with Gasteiger partial charge < -0.3 is 19.3 Å². The molecule has 0 spiro atoms. The van der Waals surface area contributed by atoms with E-state index in [1.165, 1.54) is 6.42 Å². The van der Waals surface area contributed by atoms with Gasteiger partial charge in [0.1, 0.15) is 0 Å². The van der Waals surface area contributed by atoms with E-state index in [1.807, 2.05) is 23.9 Å². The molecule has 0 N–H and O–H groups in total. The second kappa shape index (κ2) is 9.79. The fourth-order valence-electron chi connectivity index (χ4n) is 2.74. The molecular weight excluding hydrogens is 322 g/mol. The van der Waals surface area contributed by atoms with Crippen molar-refractivity contribution in [1.29, 1.82) is 0 Å². The summed E-state index contributed by atoms with van der Waals surface area (Å²) in [5, 5.41) is 1.16. The third-order valence-electron chi connectivity index (χ3n) is 3.93. The minimum Gasteiger partial charge on any atom is -0.493 e. The highest BCUT2D eigenvalue weighted by Crippen LogP contribution is 2.32. The number of thioether (sulfide) groups is 1. The predicted molar refractivity (Wildman–Crippen MR) is 103 cm³/mol. The normalized spacial score (nSPS) is 14.5. The number of rotatable bonds is 8. The number of para-hydroxylation sites is 1. The van der Waals surface area contributed by atoms with E-state index in [0.29, 0.717) is 0 Å². The van der Waals surface area contributed by atoms with Crippen LogP contribution in [0.15, 0.2) is 23.2 Å². The summed E-state index contributed by atoms with van der Waals surface area (Å²) in [6.45, 7) is 3.79. The first-order valence-electron chi connectivity index (χ1n) is 8.42. The third-order valence-corrected chi connectivity index (χ3v) is 5.07. The van der Waals surface area contributed by atoms with Gasteiger partial charge in [0.25, 0.3) is 0 Å². The summed E-state index contributed by atoms with van der Waals surface area (Å²) >= 11 is 1.86. The van der Waals surface area contributed by atoms with E-state index in [2.05, 4.69) is 30.0 Å². The standard InChI is InChI=1S/C18H29N3O2S/c1-20(2)11-7-12-21(18-19-10-6-13-24-18)14-15-8-5-9-16(22-3)17(15)23-4/h5,8-9H,6-7,10-14H2,1-4H3. The topological polar surface area (TPSA) is 37.3 Å². The maximum absolute atomic E-state index is 5.59. The number of aliphatic imine (C=N–C) groups is 1. The molecule has 1 heterocycles. The summed E-state index contributed by atoms with van der Waals surface area (Å²) in [5.74, 6) is 2.75.